The van der Waals surface area contributed by atoms with E-state index in [0.29, 0.717) is 12.0 Å². The van der Waals surface area contributed by atoms with E-state index in [9.17, 15) is 0 Å². The zero-order valence-electron chi connectivity index (χ0n) is 17.5. The van der Waals surface area contributed by atoms with Crippen molar-refractivity contribution in [3.05, 3.63) is 95.6 Å². The van der Waals surface area contributed by atoms with Crippen LogP contribution >= 0.6 is 0 Å². The number of hydrogen-bond donors (Lipinski definition) is 1. The topological polar surface area (TPSA) is 47.1 Å². The molecular formula is C26H30N4. The van der Waals surface area contributed by atoms with E-state index in [2.05, 4.69) is 56.9 Å². The monoisotopic (exact) mass is 398 g/mol. The van der Waals surface area contributed by atoms with E-state index < -0.39 is 0 Å². The highest BCUT2D eigenvalue weighted by Gasteiger charge is 2.31. The number of nitrogen functional groups attached to an aromatic ring is 1. The maximum absolute atomic E-state index is 5.86. The van der Waals surface area contributed by atoms with Crippen LogP contribution in [0, 0.1) is 5.92 Å². The molecule has 3 aromatic rings. The van der Waals surface area contributed by atoms with Crippen molar-refractivity contribution in [3.63, 3.8) is 0 Å². The molecule has 1 aliphatic carbocycles. The molecule has 0 saturated heterocycles. The molecule has 154 valence electrons. The van der Waals surface area contributed by atoms with Gasteiger partial charge in [0.1, 0.15) is 0 Å². The van der Waals surface area contributed by atoms with Crippen molar-refractivity contribution in [2.75, 3.05) is 12.3 Å². The maximum atomic E-state index is 5.86. The van der Waals surface area contributed by atoms with Gasteiger partial charge in [-0.05, 0) is 66.0 Å². The standard InChI is InChI=1S/C26H30N4/c27-25-9-6-20(7-10-25)11-13-30-18-24-15-21(17-29-14-12-28-19-29)5-8-23(24)16-26(30)22-3-1-2-4-22/h1,3,5-10,12,14-15,19,22,26H,2,4,11,13,16-18,27H2/t22-,26?/m1/s1. The average Bonchev–Trinajstić information content (AvgIpc) is 3.47. The maximum Gasteiger partial charge on any atom is 0.0949 e. The van der Waals surface area contributed by atoms with E-state index in [4.69, 9.17) is 5.73 Å². The van der Waals surface area contributed by atoms with Gasteiger partial charge in [-0.25, -0.2) is 4.98 Å². The van der Waals surface area contributed by atoms with Gasteiger partial charge in [-0.2, -0.15) is 0 Å². The second kappa shape index (κ2) is 8.49. The lowest BCUT2D eigenvalue weighted by molar-refractivity contribution is 0.137. The Morgan fingerprint density at radius 2 is 1.90 bits per heavy atom. The second-order valence-corrected chi connectivity index (χ2v) is 8.74. The number of benzene rings is 2. The number of nitrogens with zero attached hydrogens (tertiary/aromatic N) is 3. The van der Waals surface area contributed by atoms with Crippen molar-refractivity contribution in [1.82, 2.24) is 14.5 Å². The summed E-state index contributed by atoms with van der Waals surface area (Å²) in [4.78, 5) is 6.89. The van der Waals surface area contributed by atoms with Gasteiger partial charge >= 0.3 is 0 Å². The summed E-state index contributed by atoms with van der Waals surface area (Å²) in [6.45, 7) is 3.01. The first-order chi connectivity index (χ1) is 14.7. The first kappa shape index (κ1) is 19.1. The van der Waals surface area contributed by atoms with Gasteiger partial charge in [0.05, 0.1) is 6.33 Å². The highest BCUT2D eigenvalue weighted by molar-refractivity contribution is 5.39. The highest BCUT2D eigenvalue weighted by Crippen LogP contribution is 2.33. The molecule has 0 saturated carbocycles. The molecule has 2 atom stereocenters. The third-order valence-corrected chi connectivity index (χ3v) is 6.68. The van der Waals surface area contributed by atoms with E-state index in [1.54, 1.807) is 0 Å². The number of imidazole rings is 1. The number of fused-ring (bicyclic) bond motifs is 1. The normalized spacial score (nSPS) is 21.1. The Morgan fingerprint density at radius 1 is 1.03 bits per heavy atom. The number of anilines is 1. The first-order valence-corrected chi connectivity index (χ1v) is 11.1. The molecule has 2 aliphatic rings. The zero-order chi connectivity index (χ0) is 20.3. The molecule has 30 heavy (non-hydrogen) atoms. The molecule has 1 aromatic heterocycles. The van der Waals surface area contributed by atoms with Gasteiger partial charge in [0, 0.05) is 43.8 Å². The summed E-state index contributed by atoms with van der Waals surface area (Å²) in [6, 6.07) is 16.0. The molecular weight excluding hydrogens is 368 g/mol. The summed E-state index contributed by atoms with van der Waals surface area (Å²) >= 11 is 0. The van der Waals surface area contributed by atoms with Crippen LogP contribution in [0.15, 0.2) is 73.3 Å². The largest absolute Gasteiger partial charge is 0.399 e. The van der Waals surface area contributed by atoms with Gasteiger partial charge in [-0.3, -0.25) is 4.90 Å². The van der Waals surface area contributed by atoms with E-state index in [0.717, 1.165) is 38.2 Å². The van der Waals surface area contributed by atoms with E-state index in [1.807, 2.05) is 30.9 Å². The number of allylic oxidation sites excluding steroid dienone is 1. The molecule has 1 unspecified atom stereocenters. The summed E-state index contributed by atoms with van der Waals surface area (Å²) < 4.78 is 2.13. The quantitative estimate of drug-likeness (QED) is 0.493. The van der Waals surface area contributed by atoms with E-state index in [-0.39, 0.29) is 0 Å². The third-order valence-electron chi connectivity index (χ3n) is 6.68. The average molecular weight is 399 g/mol. The SMILES string of the molecule is Nc1ccc(CCN2Cc3cc(Cn4ccnc4)ccc3CC2[C@@H]2C=CCC2)cc1. The summed E-state index contributed by atoms with van der Waals surface area (Å²) in [7, 11) is 0. The van der Waals surface area contributed by atoms with Crippen LogP contribution in [-0.4, -0.2) is 27.0 Å². The molecule has 0 amide bonds. The number of rotatable bonds is 6. The molecule has 2 aromatic carbocycles. The van der Waals surface area contributed by atoms with Gasteiger partial charge in [0.25, 0.3) is 0 Å². The van der Waals surface area contributed by atoms with E-state index in [1.165, 1.54) is 35.1 Å². The van der Waals surface area contributed by atoms with E-state index >= 15 is 0 Å². The lowest BCUT2D eigenvalue weighted by atomic mass is 9.85. The van der Waals surface area contributed by atoms with Crippen LogP contribution in [0.3, 0.4) is 0 Å². The fraction of sp³-hybridized carbons (Fsp3) is 0.346. The van der Waals surface area contributed by atoms with Crippen molar-refractivity contribution in [3.8, 4) is 0 Å². The molecule has 2 N–H and O–H groups in total. The second-order valence-electron chi connectivity index (χ2n) is 8.74. The molecule has 0 fully saturated rings. The predicted molar refractivity (Wildman–Crippen MR) is 122 cm³/mol. The molecule has 4 nitrogen and oxygen atoms in total. The Hall–Kier alpha value is -2.85. The van der Waals surface area contributed by atoms with Crippen molar-refractivity contribution in [1.29, 1.82) is 0 Å². The molecule has 1 aliphatic heterocycles. The molecule has 0 spiro atoms. The Bertz CT molecular complexity index is 1000. The van der Waals surface area contributed by atoms with Crippen molar-refractivity contribution in [2.45, 2.75) is 44.8 Å². The lowest BCUT2D eigenvalue weighted by Crippen LogP contribution is -2.45. The van der Waals surface area contributed by atoms with Gasteiger partial charge in [-0.1, -0.05) is 42.5 Å². The Balaban J connectivity index is 1.35. The zero-order valence-corrected chi connectivity index (χ0v) is 17.5. The number of nitrogens with two attached hydrogens (primary N) is 1. The van der Waals surface area contributed by atoms with Gasteiger partial charge < -0.3 is 10.3 Å². The lowest BCUT2D eigenvalue weighted by Gasteiger charge is -2.40. The van der Waals surface area contributed by atoms with Gasteiger partial charge in [0.15, 0.2) is 0 Å². The minimum atomic E-state index is 0.601. The van der Waals surface area contributed by atoms with Crippen molar-refractivity contribution < 1.29 is 0 Å². The Morgan fingerprint density at radius 3 is 2.67 bits per heavy atom. The van der Waals surface area contributed by atoms with Crippen molar-refractivity contribution >= 4 is 5.69 Å². The van der Waals surface area contributed by atoms with Crippen molar-refractivity contribution in [2.24, 2.45) is 5.92 Å². The summed E-state index contributed by atoms with van der Waals surface area (Å²) in [6.07, 6.45) is 15.3. The van der Waals surface area contributed by atoms with Crippen LogP contribution in [-0.2, 0) is 25.9 Å². The first-order valence-electron chi connectivity index (χ1n) is 11.1. The third kappa shape index (κ3) is 4.19. The molecule has 5 rings (SSSR count). The van der Waals surface area contributed by atoms with Gasteiger partial charge in [0.2, 0.25) is 0 Å². The fourth-order valence-corrected chi connectivity index (χ4v) is 5.01. The minimum absolute atomic E-state index is 0.601. The minimum Gasteiger partial charge on any atom is -0.399 e. The Kier molecular flexibility index (Phi) is 5.41. The molecule has 0 radical (unpaired) electrons. The molecule has 4 heteroatoms. The van der Waals surface area contributed by atoms with Crippen LogP contribution in [0.1, 0.15) is 35.1 Å². The fourth-order valence-electron chi connectivity index (χ4n) is 5.01. The highest BCUT2D eigenvalue weighted by atomic mass is 15.2. The number of aromatic nitrogens is 2. The van der Waals surface area contributed by atoms with Crippen LogP contribution < -0.4 is 5.73 Å². The smallest absolute Gasteiger partial charge is 0.0949 e. The predicted octanol–water partition coefficient (Wildman–Crippen LogP) is 4.45. The number of hydrogen-bond acceptors (Lipinski definition) is 3. The van der Waals surface area contributed by atoms with Gasteiger partial charge in [-0.15, -0.1) is 0 Å². The molecule has 2 heterocycles. The summed E-state index contributed by atoms with van der Waals surface area (Å²) in [5, 5.41) is 0. The van der Waals surface area contributed by atoms with Crippen LogP contribution in [0.5, 0.6) is 0 Å². The van der Waals surface area contributed by atoms with Crippen LogP contribution in [0.4, 0.5) is 5.69 Å². The summed E-state index contributed by atoms with van der Waals surface area (Å²) in [5.74, 6) is 0.676. The molecule has 0 bridgehead atoms. The Labute approximate surface area is 179 Å². The van der Waals surface area contributed by atoms with Crippen LogP contribution in [0.25, 0.3) is 0 Å². The van der Waals surface area contributed by atoms with Crippen LogP contribution in [0.2, 0.25) is 0 Å². The summed E-state index contributed by atoms with van der Waals surface area (Å²) in [5.41, 5.74) is 12.4.